The molecule has 0 aromatic heterocycles. The van der Waals surface area contributed by atoms with Crippen molar-refractivity contribution in [1.82, 2.24) is 4.90 Å². The Bertz CT molecular complexity index is 279. The Balaban J connectivity index is 4.08. The molecule has 0 bridgehead atoms. The maximum Gasteiger partial charge on any atom is 0.330 e. The highest BCUT2D eigenvalue weighted by Crippen LogP contribution is 2.05. The monoisotopic (exact) mass is 299 g/mol. The molecule has 0 aliphatic rings. The Morgan fingerprint density at radius 2 is 1.90 bits per heavy atom. The van der Waals surface area contributed by atoms with E-state index in [-0.39, 0.29) is 12.1 Å². The third kappa shape index (κ3) is 12.6. The molecule has 124 valence electrons. The average molecular weight is 299 g/mol. The van der Waals surface area contributed by atoms with Gasteiger partial charge in [-0.05, 0) is 26.3 Å². The van der Waals surface area contributed by atoms with E-state index in [1.807, 2.05) is 0 Å². The fourth-order valence-corrected chi connectivity index (χ4v) is 2.17. The summed E-state index contributed by atoms with van der Waals surface area (Å²) in [6, 6.07) is 0. The second-order valence-corrected chi connectivity index (χ2v) is 5.47. The average Bonchev–Trinajstić information content (AvgIpc) is 2.45. The van der Waals surface area contributed by atoms with E-state index in [1.165, 1.54) is 18.9 Å². The lowest BCUT2D eigenvalue weighted by Gasteiger charge is -2.24. The summed E-state index contributed by atoms with van der Waals surface area (Å²) < 4.78 is 5.13. The summed E-state index contributed by atoms with van der Waals surface area (Å²) in [6.07, 6.45) is 9.33. The maximum atomic E-state index is 11.3. The van der Waals surface area contributed by atoms with Crippen molar-refractivity contribution in [2.45, 2.75) is 65.4 Å². The molecule has 4 heteroatoms. The van der Waals surface area contributed by atoms with Gasteiger partial charge in [0.15, 0.2) is 0 Å². The van der Waals surface area contributed by atoms with Crippen LogP contribution in [-0.2, 0) is 9.53 Å². The predicted octanol–water partition coefficient (Wildman–Crippen LogP) is 3.15. The van der Waals surface area contributed by atoms with Crippen molar-refractivity contribution >= 4 is 5.97 Å². The van der Waals surface area contributed by atoms with E-state index in [2.05, 4.69) is 18.7 Å². The number of rotatable bonds is 13. The van der Waals surface area contributed by atoms with Crippen LogP contribution in [0.4, 0.5) is 0 Å². The first-order valence-electron chi connectivity index (χ1n) is 8.33. The molecule has 1 atom stereocenters. The van der Waals surface area contributed by atoms with Crippen LogP contribution in [-0.4, -0.2) is 48.3 Å². The second kappa shape index (κ2) is 14.1. The molecule has 0 spiro atoms. The maximum absolute atomic E-state index is 11.3. The van der Waals surface area contributed by atoms with Crippen molar-refractivity contribution < 1.29 is 14.6 Å². The molecule has 0 heterocycles. The van der Waals surface area contributed by atoms with E-state index < -0.39 is 0 Å². The van der Waals surface area contributed by atoms with Gasteiger partial charge in [0, 0.05) is 19.2 Å². The summed E-state index contributed by atoms with van der Waals surface area (Å²) in [4.78, 5) is 13.5. The SMILES string of the molecule is C/C=C/C(=O)OCCN(CCCCC)CC(O)CCCC. The lowest BCUT2D eigenvalue weighted by molar-refractivity contribution is -0.138. The Hall–Kier alpha value is -0.870. The first-order valence-corrected chi connectivity index (χ1v) is 8.33. The van der Waals surface area contributed by atoms with E-state index in [0.29, 0.717) is 19.7 Å². The van der Waals surface area contributed by atoms with Crippen molar-refractivity contribution in [2.75, 3.05) is 26.2 Å². The van der Waals surface area contributed by atoms with E-state index in [1.54, 1.807) is 13.0 Å². The fourth-order valence-electron chi connectivity index (χ4n) is 2.17. The third-order valence-electron chi connectivity index (χ3n) is 3.39. The van der Waals surface area contributed by atoms with Crippen LogP contribution >= 0.6 is 0 Å². The van der Waals surface area contributed by atoms with Crippen LogP contribution in [0.25, 0.3) is 0 Å². The van der Waals surface area contributed by atoms with Crippen molar-refractivity contribution in [1.29, 1.82) is 0 Å². The zero-order valence-corrected chi connectivity index (χ0v) is 14.0. The Morgan fingerprint density at radius 1 is 1.19 bits per heavy atom. The molecule has 0 saturated carbocycles. The topological polar surface area (TPSA) is 49.8 Å². The molecule has 0 amide bonds. The van der Waals surface area contributed by atoms with Crippen molar-refractivity contribution in [3.8, 4) is 0 Å². The Morgan fingerprint density at radius 3 is 2.52 bits per heavy atom. The van der Waals surface area contributed by atoms with Crippen LogP contribution in [0.2, 0.25) is 0 Å². The molecule has 21 heavy (non-hydrogen) atoms. The highest BCUT2D eigenvalue weighted by atomic mass is 16.5. The van der Waals surface area contributed by atoms with Crippen LogP contribution in [0.1, 0.15) is 59.3 Å². The number of carbonyl (C=O) groups is 1. The molecule has 0 aliphatic carbocycles. The highest BCUT2D eigenvalue weighted by molar-refractivity contribution is 5.81. The quantitative estimate of drug-likeness (QED) is 0.322. The molecule has 0 radical (unpaired) electrons. The van der Waals surface area contributed by atoms with Gasteiger partial charge in [-0.15, -0.1) is 0 Å². The molecule has 1 N–H and O–H groups in total. The molecular formula is C17H33NO3. The number of aliphatic hydroxyl groups is 1. The highest BCUT2D eigenvalue weighted by Gasteiger charge is 2.11. The minimum atomic E-state index is -0.294. The zero-order valence-electron chi connectivity index (χ0n) is 14.0. The van der Waals surface area contributed by atoms with Crippen LogP contribution in [0, 0.1) is 0 Å². The molecule has 0 aliphatic heterocycles. The first-order chi connectivity index (χ1) is 10.1. The summed E-state index contributed by atoms with van der Waals surface area (Å²) in [5, 5.41) is 10.0. The number of ether oxygens (including phenoxy) is 1. The number of nitrogens with zero attached hydrogens (tertiary/aromatic N) is 1. The molecule has 0 aromatic rings. The summed E-state index contributed by atoms with van der Waals surface area (Å²) in [6.45, 7) is 8.81. The summed E-state index contributed by atoms with van der Waals surface area (Å²) in [5.74, 6) is -0.294. The number of hydrogen-bond donors (Lipinski definition) is 1. The zero-order chi connectivity index (χ0) is 15.9. The molecule has 0 aromatic carbocycles. The van der Waals surface area contributed by atoms with E-state index in [0.717, 1.165) is 32.2 Å². The third-order valence-corrected chi connectivity index (χ3v) is 3.39. The van der Waals surface area contributed by atoms with Crippen LogP contribution in [0.5, 0.6) is 0 Å². The standard InChI is InChI=1S/C17H33NO3/c1-4-7-9-12-18(15-16(19)11-8-5-2)13-14-21-17(20)10-6-3/h6,10,16,19H,4-5,7-9,11-15H2,1-3H3/b10-6+. The summed E-state index contributed by atoms with van der Waals surface area (Å²) >= 11 is 0. The smallest absolute Gasteiger partial charge is 0.330 e. The fraction of sp³-hybridized carbons (Fsp3) is 0.824. The number of hydrogen-bond acceptors (Lipinski definition) is 4. The number of carbonyl (C=O) groups excluding carboxylic acids is 1. The minimum absolute atomic E-state index is 0.280. The van der Waals surface area contributed by atoms with Gasteiger partial charge in [-0.3, -0.25) is 4.90 Å². The van der Waals surface area contributed by atoms with Gasteiger partial charge in [0.1, 0.15) is 6.61 Å². The largest absolute Gasteiger partial charge is 0.461 e. The second-order valence-electron chi connectivity index (χ2n) is 5.47. The number of aliphatic hydroxyl groups excluding tert-OH is 1. The van der Waals surface area contributed by atoms with E-state index in [4.69, 9.17) is 4.74 Å². The molecule has 0 fully saturated rings. The van der Waals surface area contributed by atoms with Crippen molar-refractivity contribution in [3.63, 3.8) is 0 Å². The minimum Gasteiger partial charge on any atom is -0.461 e. The Kier molecular flexibility index (Phi) is 13.5. The Labute approximate surface area is 130 Å². The van der Waals surface area contributed by atoms with Gasteiger partial charge in [0.2, 0.25) is 0 Å². The van der Waals surface area contributed by atoms with Crippen molar-refractivity contribution in [2.24, 2.45) is 0 Å². The number of allylic oxidation sites excluding steroid dienone is 1. The van der Waals surface area contributed by atoms with Crippen LogP contribution in [0.15, 0.2) is 12.2 Å². The van der Waals surface area contributed by atoms with E-state index in [9.17, 15) is 9.90 Å². The molecule has 0 rings (SSSR count). The van der Waals surface area contributed by atoms with Crippen molar-refractivity contribution in [3.05, 3.63) is 12.2 Å². The number of unbranched alkanes of at least 4 members (excludes halogenated alkanes) is 3. The van der Waals surface area contributed by atoms with Crippen LogP contribution in [0.3, 0.4) is 0 Å². The van der Waals surface area contributed by atoms with Gasteiger partial charge >= 0.3 is 5.97 Å². The van der Waals surface area contributed by atoms with Gasteiger partial charge in [0.05, 0.1) is 6.10 Å². The van der Waals surface area contributed by atoms with Gasteiger partial charge in [0.25, 0.3) is 0 Å². The molecule has 1 unspecified atom stereocenters. The summed E-state index contributed by atoms with van der Waals surface area (Å²) in [5.41, 5.74) is 0. The number of esters is 1. The molecule has 0 saturated heterocycles. The van der Waals surface area contributed by atoms with E-state index >= 15 is 0 Å². The van der Waals surface area contributed by atoms with Gasteiger partial charge in [-0.25, -0.2) is 4.79 Å². The van der Waals surface area contributed by atoms with Gasteiger partial charge in [-0.2, -0.15) is 0 Å². The molecule has 4 nitrogen and oxygen atoms in total. The lowest BCUT2D eigenvalue weighted by Crippen LogP contribution is -2.36. The first kappa shape index (κ1) is 20.1. The molecular weight excluding hydrogens is 266 g/mol. The van der Waals surface area contributed by atoms with Crippen LogP contribution < -0.4 is 0 Å². The van der Waals surface area contributed by atoms with Gasteiger partial charge in [-0.1, -0.05) is 45.6 Å². The lowest BCUT2D eigenvalue weighted by atomic mass is 10.1. The van der Waals surface area contributed by atoms with Gasteiger partial charge < -0.3 is 9.84 Å². The predicted molar refractivity (Wildman–Crippen MR) is 87.3 cm³/mol. The normalized spacial score (nSPS) is 13.0. The summed E-state index contributed by atoms with van der Waals surface area (Å²) in [7, 11) is 0.